The van der Waals surface area contributed by atoms with Gasteiger partial charge in [0.2, 0.25) is 11.8 Å². The normalized spacial score (nSPS) is 16.5. The first-order chi connectivity index (χ1) is 35.0. The van der Waals surface area contributed by atoms with Crippen LogP contribution in [0, 0.1) is 12.8 Å². The van der Waals surface area contributed by atoms with E-state index in [1.807, 2.05) is 110 Å². The van der Waals surface area contributed by atoms with Crippen LogP contribution in [-0.2, 0) is 36.1 Å². The fraction of sp³-hybridized carbons (Fsp3) is 0.315. The summed E-state index contributed by atoms with van der Waals surface area (Å²) in [4.78, 5) is 69.2. The molecule has 1 atom stereocenters. The number of amides is 3. The van der Waals surface area contributed by atoms with Crippen LogP contribution in [0.5, 0.6) is 5.75 Å². The molecular formula is C54H52N10O7S. The number of carboxylic acid groups (broad SMARTS) is 1. The molecule has 2 saturated heterocycles. The first kappa shape index (κ1) is 46.5. The highest BCUT2D eigenvalue weighted by Gasteiger charge is 2.33. The average Bonchev–Trinajstić information content (AvgIpc) is 4.12. The van der Waals surface area contributed by atoms with E-state index in [0.29, 0.717) is 84.5 Å². The van der Waals surface area contributed by atoms with Gasteiger partial charge in [-0.15, -0.1) is 0 Å². The number of thiazole rings is 1. The van der Waals surface area contributed by atoms with Gasteiger partial charge >= 0.3 is 5.97 Å². The van der Waals surface area contributed by atoms with Crippen molar-refractivity contribution in [1.82, 2.24) is 40.1 Å². The zero-order chi connectivity index (χ0) is 49.5. The zero-order valence-corrected chi connectivity index (χ0v) is 40.7. The molecule has 3 N–H and O–H groups in total. The quantitative estimate of drug-likeness (QED) is 0.0688. The van der Waals surface area contributed by atoms with Crippen LogP contribution in [0.2, 0.25) is 0 Å². The second-order valence-electron chi connectivity index (χ2n) is 18.8. The molecule has 11 rings (SSSR count). The van der Waals surface area contributed by atoms with Crippen molar-refractivity contribution in [1.29, 1.82) is 0 Å². The van der Waals surface area contributed by atoms with E-state index in [1.165, 1.54) is 11.3 Å². The lowest BCUT2D eigenvalue weighted by Gasteiger charge is -2.31. The summed E-state index contributed by atoms with van der Waals surface area (Å²) < 4.78 is 14.7. The van der Waals surface area contributed by atoms with E-state index >= 15 is 0 Å². The van der Waals surface area contributed by atoms with Gasteiger partial charge in [0.05, 0.1) is 46.1 Å². The lowest BCUT2D eigenvalue weighted by Crippen LogP contribution is -2.39. The number of hydrogen-bond acceptors (Lipinski definition) is 14. The number of benzene rings is 4. The second kappa shape index (κ2) is 19.8. The van der Waals surface area contributed by atoms with Gasteiger partial charge in [0.25, 0.3) is 11.8 Å². The van der Waals surface area contributed by atoms with Gasteiger partial charge < -0.3 is 19.3 Å². The Morgan fingerprint density at radius 1 is 0.903 bits per heavy atom. The minimum absolute atomic E-state index is 0.0351. The van der Waals surface area contributed by atoms with E-state index in [1.54, 1.807) is 4.68 Å². The van der Waals surface area contributed by atoms with E-state index in [2.05, 4.69) is 25.7 Å². The van der Waals surface area contributed by atoms with Gasteiger partial charge in [-0.25, -0.2) is 14.8 Å². The molecule has 0 saturated carbocycles. The summed E-state index contributed by atoms with van der Waals surface area (Å²) in [6.07, 6.45) is 5.45. The molecule has 0 spiro atoms. The van der Waals surface area contributed by atoms with Crippen molar-refractivity contribution < 1.29 is 33.5 Å². The summed E-state index contributed by atoms with van der Waals surface area (Å²) in [7, 11) is 1.83. The third kappa shape index (κ3) is 9.42. The number of piperidine rings is 2. The summed E-state index contributed by atoms with van der Waals surface area (Å²) >= 11 is 1.43. The van der Waals surface area contributed by atoms with Gasteiger partial charge in [0.1, 0.15) is 11.6 Å². The molecule has 72 heavy (non-hydrogen) atoms. The molecule has 0 bridgehead atoms. The molecule has 3 amide bonds. The highest BCUT2D eigenvalue weighted by molar-refractivity contribution is 7.22. The first-order valence-corrected chi connectivity index (χ1v) is 25.2. The number of nitrogens with one attached hydrogen (secondary N) is 2. The maximum Gasteiger partial charge on any atom is 0.355 e. The molecule has 18 heteroatoms. The third-order valence-electron chi connectivity index (χ3n) is 14.2. The SMILES string of the molecule is Cc1cc(OCCCC2CCN(Cc3noc(-c4cccc5c(C6CCC(=O)NC6=O)nn(C)c45)n3)CC2)ccc1-c1ccc(N2CCc3cccc(C(=O)Nc4nc5ccccc5s4)c3C2)nc1C(=O)O. The Balaban J connectivity index is 0.665. The smallest absolute Gasteiger partial charge is 0.355 e. The van der Waals surface area contributed by atoms with Crippen molar-refractivity contribution in [3.63, 3.8) is 0 Å². The van der Waals surface area contributed by atoms with Crippen molar-refractivity contribution >= 4 is 67.1 Å². The number of aryl methyl sites for hydroxylation is 2. The number of para-hydroxylation sites is 2. The van der Waals surface area contributed by atoms with E-state index in [9.17, 15) is 24.3 Å². The van der Waals surface area contributed by atoms with Crippen molar-refractivity contribution in [3.8, 4) is 28.3 Å². The van der Waals surface area contributed by atoms with Crippen LogP contribution in [0.25, 0.3) is 43.7 Å². The van der Waals surface area contributed by atoms with Crippen LogP contribution in [0.15, 0.2) is 95.5 Å². The van der Waals surface area contributed by atoms with Crippen LogP contribution in [0.1, 0.15) is 93.5 Å². The Morgan fingerprint density at radius 2 is 1.74 bits per heavy atom. The van der Waals surface area contributed by atoms with Gasteiger partial charge in [0.15, 0.2) is 16.6 Å². The van der Waals surface area contributed by atoms with Gasteiger partial charge in [-0.3, -0.25) is 34.6 Å². The summed E-state index contributed by atoms with van der Waals surface area (Å²) in [5.74, 6) is 0.410. The molecule has 3 aliphatic rings. The Labute approximate surface area is 418 Å². The fourth-order valence-corrected chi connectivity index (χ4v) is 11.3. The lowest BCUT2D eigenvalue weighted by molar-refractivity contribution is -0.134. The van der Waals surface area contributed by atoms with Gasteiger partial charge in [-0.2, -0.15) is 10.1 Å². The molecule has 17 nitrogen and oxygen atoms in total. The molecule has 7 heterocycles. The highest BCUT2D eigenvalue weighted by atomic mass is 32.1. The number of rotatable bonds is 14. The average molecular weight is 985 g/mol. The molecule has 0 radical (unpaired) electrons. The Hall–Kier alpha value is -7.83. The van der Waals surface area contributed by atoms with Gasteiger partial charge in [0, 0.05) is 43.1 Å². The van der Waals surface area contributed by atoms with Crippen molar-refractivity contribution in [2.24, 2.45) is 13.0 Å². The second-order valence-corrected chi connectivity index (χ2v) is 19.9. The summed E-state index contributed by atoms with van der Waals surface area (Å²) in [6.45, 7) is 5.99. The van der Waals surface area contributed by atoms with E-state index in [-0.39, 0.29) is 29.8 Å². The summed E-state index contributed by atoms with van der Waals surface area (Å²) in [5, 5.41) is 26.2. The number of carboxylic acids is 1. The van der Waals surface area contributed by atoms with Crippen LogP contribution < -0.4 is 20.3 Å². The minimum atomic E-state index is -1.12. The number of aromatic nitrogens is 6. The lowest BCUT2D eigenvalue weighted by atomic mass is 9.92. The number of nitrogens with zero attached hydrogens (tertiary/aromatic N) is 8. The number of pyridine rings is 1. The largest absolute Gasteiger partial charge is 0.494 e. The molecule has 4 aromatic carbocycles. The number of imide groups is 1. The number of anilines is 2. The molecule has 1 unspecified atom stereocenters. The van der Waals surface area contributed by atoms with Crippen molar-refractivity contribution in [3.05, 3.63) is 130 Å². The Bertz CT molecular complexity index is 3380. The predicted octanol–water partition coefficient (Wildman–Crippen LogP) is 8.71. The number of carbonyl (C=O) groups is 4. The van der Waals surface area contributed by atoms with Crippen LogP contribution >= 0.6 is 11.3 Å². The number of aromatic carboxylic acids is 1. The molecule has 3 aliphatic heterocycles. The fourth-order valence-electron chi connectivity index (χ4n) is 10.5. The minimum Gasteiger partial charge on any atom is -0.494 e. The summed E-state index contributed by atoms with van der Waals surface area (Å²) in [6, 6.07) is 28.7. The maximum absolute atomic E-state index is 13.6. The monoisotopic (exact) mass is 984 g/mol. The predicted molar refractivity (Wildman–Crippen MR) is 272 cm³/mol. The van der Waals surface area contributed by atoms with Gasteiger partial charge in [-0.1, -0.05) is 59.0 Å². The molecule has 2 fully saturated rings. The molecule has 4 aromatic heterocycles. The number of carbonyl (C=O) groups excluding carboxylic acids is 3. The third-order valence-corrected chi connectivity index (χ3v) is 15.1. The van der Waals surface area contributed by atoms with Crippen LogP contribution in [-0.4, -0.2) is 89.8 Å². The number of likely N-dealkylation sites (tertiary alicyclic amines) is 1. The highest BCUT2D eigenvalue weighted by Crippen LogP contribution is 2.37. The molecule has 366 valence electrons. The van der Waals surface area contributed by atoms with Gasteiger partial charge in [-0.05, 0) is 135 Å². The van der Waals surface area contributed by atoms with E-state index in [4.69, 9.17) is 24.3 Å². The van der Waals surface area contributed by atoms with Crippen LogP contribution in [0.3, 0.4) is 0 Å². The van der Waals surface area contributed by atoms with E-state index in [0.717, 1.165) is 93.5 Å². The number of ether oxygens (including phenoxy) is 1. The topological polar surface area (TPSA) is 211 Å². The van der Waals surface area contributed by atoms with Crippen molar-refractivity contribution in [2.75, 3.05) is 36.5 Å². The standard InChI is InChI=1S/C54H52N10O7S/c1-31-28-34(70-27-7-8-32-21-24-63(25-22-32)30-44-56-52(71-61-44)40-12-6-11-38-47(60-62(2)49(38)40)39-18-20-46(65)58-51(39)67)15-16-35(31)36-17-19-45(57-48(36)53(68)69)64-26-23-33-9-5-10-37(41(33)29-64)50(66)59-54-55-42-13-3-4-14-43(42)72-54/h3-6,9-17,19,28,32,39H,7-8,18,20-27,29-30H2,1-2H3,(H,68,69)(H,55,59,66)(H,58,65,67). The van der Waals surface area contributed by atoms with Crippen LogP contribution in [0.4, 0.5) is 10.9 Å². The number of fused-ring (bicyclic) bond motifs is 3. The Morgan fingerprint density at radius 3 is 2.56 bits per heavy atom. The summed E-state index contributed by atoms with van der Waals surface area (Å²) in [5.41, 5.74) is 7.67. The molecule has 8 aromatic rings. The Kier molecular flexibility index (Phi) is 12.8. The number of hydrogen-bond donors (Lipinski definition) is 3. The molecule has 0 aliphatic carbocycles. The zero-order valence-electron chi connectivity index (χ0n) is 39.9. The molecular weight excluding hydrogens is 933 g/mol. The first-order valence-electron chi connectivity index (χ1n) is 24.4. The van der Waals surface area contributed by atoms with E-state index < -0.39 is 11.9 Å². The van der Waals surface area contributed by atoms with Crippen molar-refractivity contribution in [2.45, 2.75) is 70.9 Å². The maximum atomic E-state index is 13.6.